The van der Waals surface area contributed by atoms with Gasteiger partial charge in [0.1, 0.15) is 6.61 Å². The molecule has 144 valence electrons. The quantitative estimate of drug-likeness (QED) is 0.749. The Kier molecular flexibility index (Phi) is 4.11. The maximum absolute atomic E-state index is 11.4. The van der Waals surface area contributed by atoms with Crippen molar-refractivity contribution in [3.63, 3.8) is 0 Å². The van der Waals surface area contributed by atoms with Gasteiger partial charge in [0.2, 0.25) is 5.95 Å². The first kappa shape index (κ1) is 17.0. The van der Waals surface area contributed by atoms with Gasteiger partial charge in [-0.15, -0.1) is 0 Å². The second-order valence-corrected chi connectivity index (χ2v) is 7.56. The largest absolute Gasteiger partial charge is 0.447 e. The second-order valence-electron chi connectivity index (χ2n) is 7.56. The first-order valence-corrected chi connectivity index (χ1v) is 9.65. The van der Waals surface area contributed by atoms with E-state index in [1.807, 2.05) is 4.68 Å². The number of anilines is 1. The molecule has 0 aliphatic carbocycles. The van der Waals surface area contributed by atoms with Gasteiger partial charge in [-0.2, -0.15) is 0 Å². The molecule has 1 spiro atoms. The molecule has 3 aromatic rings. The molecule has 8 nitrogen and oxygen atoms in total. The number of fused-ring (bicyclic) bond motifs is 1. The highest BCUT2D eigenvalue weighted by Gasteiger charge is 2.42. The number of benzene rings is 2. The van der Waals surface area contributed by atoms with Crippen molar-refractivity contribution in [3.8, 4) is 0 Å². The fourth-order valence-electron chi connectivity index (χ4n) is 4.20. The summed E-state index contributed by atoms with van der Waals surface area (Å²) in [4.78, 5) is 13.6. The minimum absolute atomic E-state index is 0.227. The maximum Gasteiger partial charge on any atom is 0.407 e. The topological polar surface area (TPSA) is 85.2 Å². The van der Waals surface area contributed by atoms with Crippen molar-refractivity contribution in [2.45, 2.75) is 31.3 Å². The van der Waals surface area contributed by atoms with Gasteiger partial charge in [-0.05, 0) is 46.0 Å². The number of amides is 1. The van der Waals surface area contributed by atoms with Gasteiger partial charge in [-0.3, -0.25) is 0 Å². The number of carbonyl (C=O) groups excluding carboxylic acids is 1. The van der Waals surface area contributed by atoms with E-state index in [9.17, 15) is 4.79 Å². The van der Waals surface area contributed by atoms with Gasteiger partial charge in [0.05, 0.1) is 12.1 Å². The van der Waals surface area contributed by atoms with Crippen molar-refractivity contribution >= 4 is 22.8 Å². The van der Waals surface area contributed by atoms with Gasteiger partial charge in [0.25, 0.3) is 0 Å². The van der Waals surface area contributed by atoms with E-state index in [4.69, 9.17) is 4.74 Å². The van der Waals surface area contributed by atoms with E-state index in [-0.39, 0.29) is 11.6 Å². The lowest BCUT2D eigenvalue weighted by Crippen LogP contribution is -2.53. The molecule has 0 atom stereocenters. The number of cyclic esters (lactones) is 1. The van der Waals surface area contributed by atoms with Crippen molar-refractivity contribution in [3.05, 3.63) is 48.0 Å². The Hall–Kier alpha value is -3.16. The Balaban J connectivity index is 1.28. The van der Waals surface area contributed by atoms with Crippen LogP contribution in [0.25, 0.3) is 10.8 Å². The summed E-state index contributed by atoms with van der Waals surface area (Å²) in [5.41, 5.74) is 1.07. The number of nitrogens with zero attached hydrogens (tertiary/aromatic N) is 5. The summed E-state index contributed by atoms with van der Waals surface area (Å²) in [5, 5.41) is 17.9. The third kappa shape index (κ3) is 3.04. The molecule has 2 fully saturated rings. The molecule has 3 heterocycles. The number of carbonyl (C=O) groups is 1. The van der Waals surface area contributed by atoms with E-state index in [1.165, 1.54) is 16.3 Å². The van der Waals surface area contributed by atoms with Gasteiger partial charge < -0.3 is 15.0 Å². The molecule has 8 heteroatoms. The molecule has 1 aromatic heterocycles. The lowest BCUT2D eigenvalue weighted by Gasteiger charge is -2.37. The second kappa shape index (κ2) is 6.78. The van der Waals surface area contributed by atoms with Crippen molar-refractivity contribution in [1.82, 2.24) is 25.5 Å². The average Bonchev–Trinajstić information content (AvgIpc) is 3.34. The van der Waals surface area contributed by atoms with Crippen LogP contribution in [0.5, 0.6) is 0 Å². The standard InChI is InChI=1S/C20H22N6O2/c27-19-21-20(14-28-19)9-12-25(13-10-20)18-22-23-24-26(18)11-8-16-6-3-5-15-4-1-2-7-17(15)16/h1-7H,8-14H2,(H,21,27). The number of aromatic nitrogens is 4. The van der Waals surface area contributed by atoms with Gasteiger partial charge in [0, 0.05) is 13.1 Å². The summed E-state index contributed by atoms with van der Waals surface area (Å²) in [7, 11) is 0. The first-order chi connectivity index (χ1) is 13.7. The van der Waals surface area contributed by atoms with Crippen LogP contribution in [-0.4, -0.2) is 51.5 Å². The highest BCUT2D eigenvalue weighted by molar-refractivity contribution is 5.85. The predicted octanol–water partition coefficient (Wildman–Crippen LogP) is 2.15. The first-order valence-electron chi connectivity index (χ1n) is 9.65. The lowest BCUT2D eigenvalue weighted by atomic mass is 9.89. The van der Waals surface area contributed by atoms with Gasteiger partial charge >= 0.3 is 6.09 Å². The summed E-state index contributed by atoms with van der Waals surface area (Å²) in [6.45, 7) is 2.75. The molecular weight excluding hydrogens is 356 g/mol. The van der Waals surface area contributed by atoms with Crippen LogP contribution in [0.15, 0.2) is 42.5 Å². The Morgan fingerprint density at radius 1 is 1.11 bits per heavy atom. The lowest BCUT2D eigenvalue weighted by molar-refractivity contribution is 0.168. The molecule has 28 heavy (non-hydrogen) atoms. The fourth-order valence-corrected chi connectivity index (χ4v) is 4.20. The fraction of sp³-hybridized carbons (Fsp3) is 0.400. The summed E-state index contributed by atoms with van der Waals surface area (Å²) in [6.07, 6.45) is 2.21. The normalized spacial score (nSPS) is 18.4. The minimum atomic E-state index is -0.312. The molecular formula is C20H22N6O2. The molecule has 0 unspecified atom stereocenters. The van der Waals surface area contributed by atoms with E-state index in [0.717, 1.165) is 44.8 Å². The van der Waals surface area contributed by atoms with E-state index in [1.54, 1.807) is 0 Å². The molecule has 2 aromatic carbocycles. The predicted molar refractivity (Wildman–Crippen MR) is 104 cm³/mol. The number of rotatable bonds is 4. The van der Waals surface area contributed by atoms with Crippen LogP contribution in [-0.2, 0) is 17.7 Å². The Morgan fingerprint density at radius 2 is 1.93 bits per heavy atom. The molecule has 0 bridgehead atoms. The van der Waals surface area contributed by atoms with Gasteiger partial charge in [-0.25, -0.2) is 9.48 Å². The minimum Gasteiger partial charge on any atom is -0.447 e. The Labute approximate surface area is 162 Å². The molecule has 1 N–H and O–H groups in total. The van der Waals surface area contributed by atoms with E-state index < -0.39 is 0 Å². The van der Waals surface area contributed by atoms with E-state index in [2.05, 4.69) is 68.2 Å². The molecule has 1 amide bonds. The third-order valence-corrected chi connectivity index (χ3v) is 5.84. The van der Waals surface area contributed by atoms with Crippen molar-refractivity contribution in [1.29, 1.82) is 0 Å². The monoisotopic (exact) mass is 378 g/mol. The van der Waals surface area contributed by atoms with E-state index in [0.29, 0.717) is 6.61 Å². The third-order valence-electron chi connectivity index (χ3n) is 5.84. The van der Waals surface area contributed by atoms with Gasteiger partial charge in [0.15, 0.2) is 0 Å². The number of hydrogen-bond acceptors (Lipinski definition) is 6. The molecule has 0 saturated carbocycles. The number of aryl methyl sites for hydroxylation is 2. The zero-order chi connectivity index (χ0) is 19.0. The average molecular weight is 378 g/mol. The van der Waals surface area contributed by atoms with Crippen LogP contribution < -0.4 is 10.2 Å². The van der Waals surface area contributed by atoms with Gasteiger partial charge in [-0.1, -0.05) is 47.6 Å². The molecule has 2 aliphatic heterocycles. The number of hydrogen-bond donors (Lipinski definition) is 1. The van der Waals surface area contributed by atoms with Crippen molar-refractivity contribution < 1.29 is 9.53 Å². The molecule has 2 aliphatic rings. The smallest absolute Gasteiger partial charge is 0.407 e. The van der Waals surface area contributed by atoms with Crippen LogP contribution in [0, 0.1) is 0 Å². The SMILES string of the molecule is O=C1NC2(CCN(c3nnnn3CCc3cccc4ccccc34)CC2)CO1. The molecule has 5 rings (SSSR count). The number of piperidine rings is 1. The summed E-state index contributed by atoms with van der Waals surface area (Å²) >= 11 is 0. The van der Waals surface area contributed by atoms with Crippen molar-refractivity contribution in [2.75, 3.05) is 24.6 Å². The van der Waals surface area contributed by atoms with Crippen LogP contribution in [0.3, 0.4) is 0 Å². The number of tetrazole rings is 1. The van der Waals surface area contributed by atoms with Crippen LogP contribution in [0.1, 0.15) is 18.4 Å². The highest BCUT2D eigenvalue weighted by atomic mass is 16.6. The summed E-state index contributed by atoms with van der Waals surface area (Å²) in [5.74, 6) is 0.792. The molecule has 2 saturated heterocycles. The van der Waals surface area contributed by atoms with Crippen LogP contribution in [0.4, 0.5) is 10.7 Å². The van der Waals surface area contributed by atoms with E-state index >= 15 is 0 Å². The highest BCUT2D eigenvalue weighted by Crippen LogP contribution is 2.28. The number of ether oxygens (including phenoxy) is 1. The number of nitrogens with one attached hydrogen (secondary N) is 1. The van der Waals surface area contributed by atoms with Crippen LogP contribution in [0.2, 0.25) is 0 Å². The zero-order valence-electron chi connectivity index (χ0n) is 15.5. The number of alkyl carbamates (subject to hydrolysis) is 1. The van der Waals surface area contributed by atoms with Crippen LogP contribution >= 0.6 is 0 Å². The Bertz CT molecular complexity index is 1000. The van der Waals surface area contributed by atoms with Crippen molar-refractivity contribution in [2.24, 2.45) is 0 Å². The summed E-state index contributed by atoms with van der Waals surface area (Å²) in [6, 6.07) is 14.8. The molecule has 0 radical (unpaired) electrons. The summed E-state index contributed by atoms with van der Waals surface area (Å²) < 4.78 is 6.98. The Morgan fingerprint density at radius 3 is 2.75 bits per heavy atom. The maximum atomic E-state index is 11.4. The zero-order valence-corrected chi connectivity index (χ0v) is 15.5.